The third kappa shape index (κ3) is 3.67. The average Bonchev–Trinajstić information content (AvgIpc) is 2.55. The van der Waals surface area contributed by atoms with Crippen LogP contribution in [-0.4, -0.2) is 30.0 Å². The number of nitrogens with zero attached hydrogens (tertiary/aromatic N) is 2. The van der Waals surface area contributed by atoms with E-state index in [1.54, 1.807) is 0 Å². The third-order valence-corrected chi connectivity index (χ3v) is 2.93. The molecule has 0 unspecified atom stereocenters. The number of hydrogen-bond acceptors (Lipinski definition) is 5. The van der Waals surface area contributed by atoms with Crippen molar-refractivity contribution in [3.8, 4) is 11.3 Å². The third-order valence-electron chi connectivity index (χ3n) is 2.93. The molecule has 6 heteroatoms. The van der Waals surface area contributed by atoms with Crippen LogP contribution in [0.5, 0.6) is 0 Å². The summed E-state index contributed by atoms with van der Waals surface area (Å²) in [5, 5.41) is 4.31. The van der Waals surface area contributed by atoms with Gasteiger partial charge in [-0.05, 0) is 6.08 Å². The molecule has 0 saturated heterocycles. The van der Waals surface area contributed by atoms with Crippen molar-refractivity contribution in [3.63, 3.8) is 0 Å². The van der Waals surface area contributed by atoms with Gasteiger partial charge < -0.3 is 9.47 Å². The van der Waals surface area contributed by atoms with Crippen LogP contribution in [0.1, 0.15) is 5.56 Å². The first-order valence-electron chi connectivity index (χ1n) is 6.58. The summed E-state index contributed by atoms with van der Waals surface area (Å²) in [4.78, 5) is 23.3. The summed E-state index contributed by atoms with van der Waals surface area (Å²) in [6.07, 6.45) is 2.77. The van der Waals surface area contributed by atoms with Gasteiger partial charge in [0.25, 0.3) is 5.56 Å². The van der Waals surface area contributed by atoms with Crippen molar-refractivity contribution in [3.05, 3.63) is 58.4 Å². The molecule has 1 heterocycles. The lowest BCUT2D eigenvalue weighted by molar-refractivity contribution is -0.134. The first kappa shape index (κ1) is 15.7. The van der Waals surface area contributed by atoms with Crippen molar-refractivity contribution in [2.75, 3.05) is 14.2 Å². The Morgan fingerprint density at radius 2 is 2.00 bits per heavy atom. The minimum Gasteiger partial charge on any atom is -0.466 e. The fourth-order valence-corrected chi connectivity index (χ4v) is 1.89. The molecule has 0 N–H and O–H groups in total. The molecular formula is C16H16N2O4. The SMILES string of the molecule is COCn1nc(-c2ccccc2)c(/C=C/C(=O)OC)cc1=O. The highest BCUT2D eigenvalue weighted by molar-refractivity contribution is 5.88. The van der Waals surface area contributed by atoms with Crippen molar-refractivity contribution >= 4 is 12.0 Å². The molecule has 22 heavy (non-hydrogen) atoms. The van der Waals surface area contributed by atoms with E-state index in [-0.39, 0.29) is 12.3 Å². The lowest BCUT2D eigenvalue weighted by Gasteiger charge is -2.09. The Balaban J connectivity index is 2.56. The van der Waals surface area contributed by atoms with Crippen LogP contribution in [0.2, 0.25) is 0 Å². The zero-order chi connectivity index (χ0) is 15.9. The molecule has 0 aliphatic rings. The van der Waals surface area contributed by atoms with E-state index in [9.17, 15) is 9.59 Å². The van der Waals surface area contributed by atoms with Crippen LogP contribution in [-0.2, 0) is 21.0 Å². The Bertz CT molecular complexity index is 736. The van der Waals surface area contributed by atoms with Gasteiger partial charge in [0.1, 0.15) is 6.73 Å². The average molecular weight is 300 g/mol. The molecule has 0 saturated carbocycles. The van der Waals surface area contributed by atoms with E-state index in [0.717, 1.165) is 5.56 Å². The lowest BCUT2D eigenvalue weighted by atomic mass is 10.1. The lowest BCUT2D eigenvalue weighted by Crippen LogP contribution is -2.24. The Labute approximate surface area is 127 Å². The Hall–Kier alpha value is -2.73. The largest absolute Gasteiger partial charge is 0.466 e. The topological polar surface area (TPSA) is 70.4 Å². The molecule has 2 rings (SSSR count). The summed E-state index contributed by atoms with van der Waals surface area (Å²) in [7, 11) is 2.78. The first-order chi connectivity index (χ1) is 10.7. The second-order valence-corrected chi connectivity index (χ2v) is 4.43. The van der Waals surface area contributed by atoms with E-state index in [4.69, 9.17) is 4.74 Å². The monoisotopic (exact) mass is 300 g/mol. The molecule has 0 aliphatic carbocycles. The Morgan fingerprint density at radius 1 is 1.27 bits per heavy atom. The Kier molecular flexibility index (Phi) is 5.21. The molecular weight excluding hydrogens is 284 g/mol. The maximum absolute atomic E-state index is 12.0. The number of carbonyl (C=O) groups excluding carboxylic acids is 1. The second-order valence-electron chi connectivity index (χ2n) is 4.43. The molecule has 0 spiro atoms. The normalized spacial score (nSPS) is 10.8. The molecule has 0 fully saturated rings. The zero-order valence-electron chi connectivity index (χ0n) is 12.4. The van der Waals surface area contributed by atoms with E-state index < -0.39 is 5.97 Å². The number of hydrogen-bond donors (Lipinski definition) is 0. The minimum absolute atomic E-state index is 0.0552. The van der Waals surface area contributed by atoms with Crippen LogP contribution < -0.4 is 5.56 Å². The first-order valence-corrected chi connectivity index (χ1v) is 6.58. The van der Waals surface area contributed by atoms with E-state index in [1.807, 2.05) is 30.3 Å². The van der Waals surface area contributed by atoms with E-state index >= 15 is 0 Å². The van der Waals surface area contributed by atoms with Crippen molar-refractivity contribution < 1.29 is 14.3 Å². The molecule has 1 aromatic heterocycles. The van der Waals surface area contributed by atoms with Gasteiger partial charge in [-0.1, -0.05) is 30.3 Å². The number of methoxy groups -OCH3 is 2. The molecule has 0 aliphatic heterocycles. The van der Waals surface area contributed by atoms with E-state index in [1.165, 1.54) is 37.1 Å². The van der Waals surface area contributed by atoms with Crippen molar-refractivity contribution in [1.82, 2.24) is 9.78 Å². The zero-order valence-corrected chi connectivity index (χ0v) is 12.4. The molecule has 2 aromatic rings. The van der Waals surface area contributed by atoms with Gasteiger partial charge in [0.05, 0.1) is 12.8 Å². The minimum atomic E-state index is -0.500. The maximum atomic E-state index is 12.0. The van der Waals surface area contributed by atoms with Crippen LogP contribution in [0.4, 0.5) is 0 Å². The van der Waals surface area contributed by atoms with Gasteiger partial charge in [-0.3, -0.25) is 4.79 Å². The second kappa shape index (κ2) is 7.33. The smallest absolute Gasteiger partial charge is 0.330 e. The van der Waals surface area contributed by atoms with Crippen LogP contribution in [0.3, 0.4) is 0 Å². The predicted molar refractivity (Wildman–Crippen MR) is 82.0 cm³/mol. The van der Waals surface area contributed by atoms with Gasteiger partial charge in [-0.25, -0.2) is 9.48 Å². The fourth-order valence-electron chi connectivity index (χ4n) is 1.89. The maximum Gasteiger partial charge on any atom is 0.330 e. The summed E-state index contributed by atoms with van der Waals surface area (Å²) >= 11 is 0. The standard InChI is InChI=1S/C16H16N2O4/c1-21-11-18-14(19)10-13(8-9-15(20)22-2)16(17-18)12-6-4-3-5-7-12/h3-10H,11H2,1-2H3/b9-8+. The molecule has 1 aromatic carbocycles. The Morgan fingerprint density at radius 3 is 2.64 bits per heavy atom. The number of carbonyl (C=O) groups is 1. The highest BCUT2D eigenvalue weighted by Crippen LogP contribution is 2.20. The summed E-state index contributed by atoms with van der Waals surface area (Å²) in [5.74, 6) is -0.500. The fraction of sp³-hybridized carbons (Fsp3) is 0.188. The molecule has 0 radical (unpaired) electrons. The molecule has 0 atom stereocenters. The number of ether oxygens (including phenoxy) is 2. The summed E-state index contributed by atoms with van der Waals surface area (Å²) < 4.78 is 10.7. The van der Waals surface area contributed by atoms with Gasteiger partial charge in [-0.15, -0.1) is 0 Å². The van der Waals surface area contributed by atoms with Gasteiger partial charge in [0.15, 0.2) is 0 Å². The molecule has 6 nitrogen and oxygen atoms in total. The van der Waals surface area contributed by atoms with Gasteiger partial charge in [0, 0.05) is 30.4 Å². The van der Waals surface area contributed by atoms with Gasteiger partial charge in [-0.2, -0.15) is 5.10 Å². The quantitative estimate of drug-likeness (QED) is 0.621. The molecule has 0 amide bonds. The van der Waals surface area contributed by atoms with Crippen molar-refractivity contribution in [1.29, 1.82) is 0 Å². The predicted octanol–water partition coefficient (Wildman–Crippen LogP) is 1.70. The van der Waals surface area contributed by atoms with E-state index in [0.29, 0.717) is 11.3 Å². The summed E-state index contributed by atoms with van der Waals surface area (Å²) in [6.45, 7) is 0.0552. The molecule has 0 bridgehead atoms. The van der Waals surface area contributed by atoms with Gasteiger partial charge >= 0.3 is 5.97 Å². The van der Waals surface area contributed by atoms with Crippen molar-refractivity contribution in [2.45, 2.75) is 6.73 Å². The highest BCUT2D eigenvalue weighted by atomic mass is 16.5. The number of aromatic nitrogens is 2. The van der Waals surface area contributed by atoms with E-state index in [2.05, 4.69) is 9.84 Å². The van der Waals surface area contributed by atoms with Crippen LogP contribution in [0, 0.1) is 0 Å². The molecule has 114 valence electrons. The van der Waals surface area contributed by atoms with Crippen LogP contribution in [0.15, 0.2) is 47.3 Å². The number of esters is 1. The summed E-state index contributed by atoms with van der Waals surface area (Å²) in [5.41, 5.74) is 1.63. The number of rotatable bonds is 5. The van der Waals surface area contributed by atoms with Gasteiger partial charge in [0.2, 0.25) is 0 Å². The van der Waals surface area contributed by atoms with Crippen molar-refractivity contribution in [2.24, 2.45) is 0 Å². The highest BCUT2D eigenvalue weighted by Gasteiger charge is 2.09. The number of benzene rings is 1. The van der Waals surface area contributed by atoms with Crippen LogP contribution >= 0.6 is 0 Å². The van der Waals surface area contributed by atoms with Crippen LogP contribution in [0.25, 0.3) is 17.3 Å². The summed E-state index contributed by atoms with van der Waals surface area (Å²) in [6, 6.07) is 10.8.